The summed E-state index contributed by atoms with van der Waals surface area (Å²) in [5, 5.41) is 7.66. The van der Waals surface area contributed by atoms with Crippen molar-refractivity contribution in [3.05, 3.63) is 47.9 Å². The second-order valence-electron chi connectivity index (χ2n) is 3.33. The summed E-state index contributed by atoms with van der Waals surface area (Å²) in [4.78, 5) is 8.44. The lowest BCUT2D eigenvalue weighted by molar-refractivity contribution is 0.506. The summed E-state index contributed by atoms with van der Waals surface area (Å²) in [7, 11) is 0. The Hall–Kier alpha value is -2.02. The number of amidine groups is 1. The van der Waals surface area contributed by atoms with Gasteiger partial charge in [0.05, 0.1) is 12.4 Å². The van der Waals surface area contributed by atoms with Crippen molar-refractivity contribution in [1.82, 2.24) is 9.97 Å². The van der Waals surface area contributed by atoms with Gasteiger partial charge in [0.15, 0.2) is 11.6 Å². The van der Waals surface area contributed by atoms with Crippen LogP contribution in [0.25, 0.3) is 0 Å². The van der Waals surface area contributed by atoms with Crippen LogP contribution >= 0.6 is 11.8 Å². The third-order valence-corrected chi connectivity index (χ3v) is 2.93. The summed E-state index contributed by atoms with van der Waals surface area (Å²) in [6, 6.07) is 3.58. The topological polar surface area (TPSA) is 75.7 Å². The molecule has 1 aromatic carbocycles. The Kier molecular flexibility index (Phi) is 3.52. The van der Waals surface area contributed by atoms with Crippen LogP contribution in [-0.4, -0.2) is 15.8 Å². The first kappa shape index (κ1) is 12.4. The highest BCUT2D eigenvalue weighted by Crippen LogP contribution is 2.26. The fraction of sp³-hybridized carbons (Fsp3) is 0. The largest absolute Gasteiger partial charge is 0.382 e. The molecule has 0 saturated carbocycles. The van der Waals surface area contributed by atoms with Gasteiger partial charge in [-0.05, 0) is 18.2 Å². The number of benzene rings is 1. The number of rotatable bonds is 3. The number of halogens is 2. The van der Waals surface area contributed by atoms with Gasteiger partial charge in [-0.2, -0.15) is 0 Å². The van der Waals surface area contributed by atoms with Gasteiger partial charge in [-0.25, -0.2) is 18.7 Å². The van der Waals surface area contributed by atoms with Crippen LogP contribution in [0.2, 0.25) is 0 Å². The molecule has 2 rings (SSSR count). The molecule has 0 aliphatic heterocycles. The summed E-state index contributed by atoms with van der Waals surface area (Å²) in [6.45, 7) is 0. The molecule has 0 bridgehead atoms. The van der Waals surface area contributed by atoms with Gasteiger partial charge in [0.1, 0.15) is 16.6 Å². The van der Waals surface area contributed by atoms with Crippen molar-refractivity contribution in [3.8, 4) is 0 Å². The van der Waals surface area contributed by atoms with E-state index in [9.17, 15) is 8.78 Å². The van der Waals surface area contributed by atoms with E-state index in [-0.39, 0.29) is 11.5 Å². The van der Waals surface area contributed by atoms with Gasteiger partial charge in [0.2, 0.25) is 0 Å². The van der Waals surface area contributed by atoms with Gasteiger partial charge in [0.25, 0.3) is 0 Å². The van der Waals surface area contributed by atoms with Crippen molar-refractivity contribution in [2.45, 2.75) is 9.92 Å². The average Bonchev–Trinajstić information content (AvgIpc) is 2.34. The maximum Gasteiger partial charge on any atom is 0.159 e. The van der Waals surface area contributed by atoms with Crippen LogP contribution in [0.3, 0.4) is 0 Å². The third-order valence-electron chi connectivity index (χ3n) is 2.02. The van der Waals surface area contributed by atoms with Crippen molar-refractivity contribution >= 4 is 17.6 Å². The van der Waals surface area contributed by atoms with Crippen LogP contribution in [0.15, 0.2) is 40.5 Å². The predicted octanol–water partition coefficient (Wildman–Crippen LogP) is 2.19. The van der Waals surface area contributed by atoms with Gasteiger partial charge in [0, 0.05) is 4.90 Å². The minimum atomic E-state index is -0.909. The lowest BCUT2D eigenvalue weighted by Crippen LogP contribution is -2.13. The molecule has 0 fully saturated rings. The lowest BCUT2D eigenvalue weighted by atomic mass is 10.3. The highest BCUT2D eigenvalue weighted by molar-refractivity contribution is 7.99. The molecule has 0 aliphatic carbocycles. The molecule has 0 radical (unpaired) electrons. The highest BCUT2D eigenvalue weighted by atomic mass is 32.2. The fourth-order valence-electron chi connectivity index (χ4n) is 1.17. The Balaban J connectivity index is 2.18. The molecule has 1 aromatic heterocycles. The molecule has 0 unspecified atom stereocenters. The minimum Gasteiger partial charge on any atom is -0.382 e. The number of nitrogen functional groups attached to an aromatic ring is 1. The van der Waals surface area contributed by atoms with E-state index < -0.39 is 11.6 Å². The zero-order valence-electron chi connectivity index (χ0n) is 9.02. The third kappa shape index (κ3) is 2.80. The van der Waals surface area contributed by atoms with Gasteiger partial charge in [-0.1, -0.05) is 11.8 Å². The predicted molar refractivity (Wildman–Crippen MR) is 63.5 cm³/mol. The maximum absolute atomic E-state index is 13.0. The zero-order chi connectivity index (χ0) is 13.1. The highest BCUT2D eigenvalue weighted by Gasteiger charge is 2.06. The average molecular weight is 266 g/mol. The number of hydrogen-bond acceptors (Lipinski definition) is 4. The second-order valence-corrected chi connectivity index (χ2v) is 4.43. The van der Waals surface area contributed by atoms with Gasteiger partial charge >= 0.3 is 0 Å². The van der Waals surface area contributed by atoms with E-state index in [1.165, 1.54) is 18.5 Å². The molecule has 0 spiro atoms. The Morgan fingerprint density at radius 1 is 1.17 bits per heavy atom. The zero-order valence-corrected chi connectivity index (χ0v) is 9.84. The van der Waals surface area contributed by atoms with Crippen molar-refractivity contribution in [2.24, 2.45) is 5.73 Å². The Morgan fingerprint density at radius 2 is 1.94 bits per heavy atom. The Morgan fingerprint density at radius 3 is 2.50 bits per heavy atom. The summed E-state index contributed by atoms with van der Waals surface area (Å²) in [5.74, 6) is -1.97. The van der Waals surface area contributed by atoms with Crippen LogP contribution in [0.4, 0.5) is 8.78 Å². The van der Waals surface area contributed by atoms with Gasteiger partial charge < -0.3 is 5.73 Å². The molecule has 0 aliphatic rings. The molecule has 4 nitrogen and oxygen atoms in total. The molecule has 0 amide bonds. The molecule has 2 aromatic rings. The van der Waals surface area contributed by atoms with Crippen molar-refractivity contribution in [1.29, 1.82) is 5.41 Å². The quantitative estimate of drug-likeness (QED) is 0.659. The summed E-state index contributed by atoms with van der Waals surface area (Å²) < 4.78 is 25.7. The molecular formula is C11H8F2N4S. The van der Waals surface area contributed by atoms with Gasteiger partial charge in [-0.3, -0.25) is 5.41 Å². The summed E-state index contributed by atoms with van der Waals surface area (Å²) in [6.07, 6.45) is 2.77. The fourth-order valence-corrected chi connectivity index (χ4v) is 1.92. The van der Waals surface area contributed by atoms with E-state index in [1.807, 2.05) is 0 Å². The van der Waals surface area contributed by atoms with E-state index in [4.69, 9.17) is 11.1 Å². The minimum absolute atomic E-state index is 0.174. The second kappa shape index (κ2) is 5.09. The smallest absolute Gasteiger partial charge is 0.159 e. The van der Waals surface area contributed by atoms with E-state index >= 15 is 0 Å². The molecule has 0 atom stereocenters. The number of nitrogens with zero attached hydrogens (tertiary/aromatic N) is 2. The van der Waals surface area contributed by atoms with Crippen LogP contribution in [-0.2, 0) is 0 Å². The molecular weight excluding hydrogens is 258 g/mol. The first-order valence-corrected chi connectivity index (χ1v) is 5.67. The van der Waals surface area contributed by atoms with Crippen molar-refractivity contribution in [3.63, 3.8) is 0 Å². The number of nitrogens with one attached hydrogen (secondary N) is 1. The molecule has 3 N–H and O–H groups in total. The van der Waals surface area contributed by atoms with Crippen LogP contribution < -0.4 is 5.73 Å². The van der Waals surface area contributed by atoms with E-state index in [2.05, 4.69) is 9.97 Å². The van der Waals surface area contributed by atoms with E-state index in [1.54, 1.807) is 0 Å². The van der Waals surface area contributed by atoms with E-state index in [0.29, 0.717) is 9.92 Å². The van der Waals surface area contributed by atoms with E-state index in [0.717, 1.165) is 23.9 Å². The van der Waals surface area contributed by atoms with Crippen LogP contribution in [0.1, 0.15) is 5.69 Å². The number of nitrogens with two attached hydrogens (primary N) is 1. The maximum atomic E-state index is 13.0. The standard InChI is InChI=1S/C11H8F2N4S/c12-7-2-1-6(3-8(7)13)18-10-5-16-9(4-17-10)11(14)15/h1-5H,(H3,14,15). The molecule has 18 heavy (non-hydrogen) atoms. The van der Waals surface area contributed by atoms with Crippen LogP contribution in [0, 0.1) is 17.0 Å². The summed E-state index contributed by atoms with van der Waals surface area (Å²) >= 11 is 1.14. The number of aromatic nitrogens is 2. The first-order valence-electron chi connectivity index (χ1n) is 4.85. The Labute approximate surface area is 106 Å². The molecule has 0 saturated heterocycles. The molecule has 1 heterocycles. The molecule has 7 heteroatoms. The summed E-state index contributed by atoms with van der Waals surface area (Å²) in [5.41, 5.74) is 5.50. The van der Waals surface area contributed by atoms with Gasteiger partial charge in [-0.15, -0.1) is 0 Å². The molecule has 92 valence electrons. The normalized spacial score (nSPS) is 10.3. The van der Waals surface area contributed by atoms with Crippen molar-refractivity contribution < 1.29 is 8.78 Å². The SMILES string of the molecule is N=C(N)c1cnc(Sc2ccc(F)c(F)c2)cn1. The first-order chi connectivity index (χ1) is 8.56. The van der Waals surface area contributed by atoms with Crippen molar-refractivity contribution in [2.75, 3.05) is 0 Å². The van der Waals surface area contributed by atoms with Crippen LogP contribution in [0.5, 0.6) is 0 Å². The Bertz CT molecular complexity index is 586. The monoisotopic (exact) mass is 266 g/mol. The lowest BCUT2D eigenvalue weighted by Gasteiger charge is -2.02. The number of hydrogen-bond donors (Lipinski definition) is 2.